The van der Waals surface area contributed by atoms with Gasteiger partial charge in [0.25, 0.3) is 0 Å². The first-order valence-electron chi connectivity index (χ1n) is 5.14. The molecule has 0 N–H and O–H groups in total. The predicted octanol–water partition coefficient (Wildman–Crippen LogP) is 1.18. The van der Waals surface area contributed by atoms with Gasteiger partial charge in [-0.3, -0.25) is 4.79 Å². The first kappa shape index (κ1) is 11.8. The Hall–Kier alpha value is -1.26. The maximum absolute atomic E-state index is 11.4. The molecule has 6 heteroatoms. The van der Waals surface area contributed by atoms with Crippen LogP contribution in [0.1, 0.15) is 13.3 Å². The van der Waals surface area contributed by atoms with Crippen molar-refractivity contribution in [2.24, 2.45) is 11.0 Å². The molecule has 6 nitrogen and oxygen atoms in total. The van der Waals surface area contributed by atoms with Gasteiger partial charge in [-0.1, -0.05) is 5.11 Å². The van der Waals surface area contributed by atoms with Crippen LogP contribution in [-0.4, -0.2) is 43.7 Å². The fraction of sp³-hybridized carbons (Fsp3) is 0.889. The van der Waals surface area contributed by atoms with Crippen LogP contribution in [0.4, 0.5) is 0 Å². The maximum Gasteiger partial charge on any atom is 0.228 e. The standard InChI is InChI=1S/C9H16N4O2/c1-2-15-7-8-3-4-13(6-8)9(14)5-11-12-10/h8H,2-7H2,1H3/t8-/m0/s1. The van der Waals surface area contributed by atoms with Crippen LogP contribution in [-0.2, 0) is 9.53 Å². The number of hydrogen-bond donors (Lipinski definition) is 0. The lowest BCUT2D eigenvalue weighted by molar-refractivity contribution is -0.128. The summed E-state index contributed by atoms with van der Waals surface area (Å²) < 4.78 is 5.31. The van der Waals surface area contributed by atoms with Crippen LogP contribution in [0.2, 0.25) is 0 Å². The zero-order chi connectivity index (χ0) is 11.1. The number of nitrogens with zero attached hydrogens (tertiary/aromatic N) is 4. The quantitative estimate of drug-likeness (QED) is 0.389. The number of hydrogen-bond acceptors (Lipinski definition) is 3. The summed E-state index contributed by atoms with van der Waals surface area (Å²) >= 11 is 0. The summed E-state index contributed by atoms with van der Waals surface area (Å²) in [4.78, 5) is 15.7. The molecule has 0 aliphatic carbocycles. The minimum atomic E-state index is -0.0909. The van der Waals surface area contributed by atoms with Crippen molar-refractivity contribution in [3.05, 3.63) is 10.4 Å². The van der Waals surface area contributed by atoms with E-state index in [1.165, 1.54) is 0 Å². The third-order valence-electron chi connectivity index (χ3n) is 2.47. The summed E-state index contributed by atoms with van der Waals surface area (Å²) in [5, 5.41) is 3.26. The Kier molecular flexibility index (Phi) is 4.93. The number of amides is 1. The molecule has 0 aromatic heterocycles. The van der Waals surface area contributed by atoms with Gasteiger partial charge in [-0.25, -0.2) is 0 Å². The van der Waals surface area contributed by atoms with Crippen molar-refractivity contribution in [2.75, 3.05) is 32.8 Å². The topological polar surface area (TPSA) is 78.3 Å². The highest BCUT2D eigenvalue weighted by Crippen LogP contribution is 2.16. The number of azide groups is 1. The van der Waals surface area contributed by atoms with Gasteiger partial charge in [-0.05, 0) is 18.9 Å². The molecule has 0 radical (unpaired) electrons. The highest BCUT2D eigenvalue weighted by molar-refractivity contribution is 5.78. The smallest absolute Gasteiger partial charge is 0.228 e. The van der Waals surface area contributed by atoms with Crippen LogP contribution in [0.3, 0.4) is 0 Å². The van der Waals surface area contributed by atoms with Gasteiger partial charge < -0.3 is 9.64 Å². The normalized spacial score (nSPS) is 20.1. The Morgan fingerprint density at radius 1 is 1.73 bits per heavy atom. The molecule has 1 fully saturated rings. The van der Waals surface area contributed by atoms with E-state index < -0.39 is 0 Å². The fourth-order valence-electron chi connectivity index (χ4n) is 1.67. The van der Waals surface area contributed by atoms with Gasteiger partial charge in [-0.15, -0.1) is 0 Å². The molecule has 1 saturated heterocycles. The summed E-state index contributed by atoms with van der Waals surface area (Å²) in [6, 6.07) is 0. The maximum atomic E-state index is 11.4. The van der Waals surface area contributed by atoms with Crippen LogP contribution in [0.15, 0.2) is 5.11 Å². The first-order chi connectivity index (χ1) is 7.27. The lowest BCUT2D eigenvalue weighted by Gasteiger charge is -2.15. The largest absolute Gasteiger partial charge is 0.381 e. The third-order valence-corrected chi connectivity index (χ3v) is 2.47. The molecule has 0 bridgehead atoms. The third kappa shape index (κ3) is 3.77. The molecule has 0 aromatic rings. The highest BCUT2D eigenvalue weighted by atomic mass is 16.5. The van der Waals surface area contributed by atoms with Crippen molar-refractivity contribution >= 4 is 5.91 Å². The lowest BCUT2D eigenvalue weighted by Crippen LogP contribution is -2.30. The van der Waals surface area contributed by atoms with Crippen LogP contribution in [0.25, 0.3) is 10.4 Å². The van der Waals surface area contributed by atoms with E-state index in [9.17, 15) is 4.79 Å². The second-order valence-electron chi connectivity index (χ2n) is 3.54. The Balaban J connectivity index is 2.28. The average Bonchev–Trinajstić information content (AvgIpc) is 2.71. The van der Waals surface area contributed by atoms with Gasteiger partial charge in [0.05, 0.1) is 6.61 Å². The zero-order valence-corrected chi connectivity index (χ0v) is 8.93. The van der Waals surface area contributed by atoms with Crippen molar-refractivity contribution in [3.63, 3.8) is 0 Å². The molecule has 0 saturated carbocycles. The molecule has 1 amide bonds. The number of rotatable bonds is 5. The second-order valence-corrected chi connectivity index (χ2v) is 3.54. The molecule has 0 unspecified atom stereocenters. The van der Waals surface area contributed by atoms with E-state index in [0.717, 1.165) is 19.5 Å². The van der Waals surface area contributed by atoms with E-state index in [1.807, 2.05) is 6.92 Å². The van der Waals surface area contributed by atoms with Crippen LogP contribution in [0, 0.1) is 5.92 Å². The van der Waals surface area contributed by atoms with Crippen molar-refractivity contribution < 1.29 is 9.53 Å². The Labute approximate surface area is 88.8 Å². The van der Waals surface area contributed by atoms with Crippen molar-refractivity contribution in [3.8, 4) is 0 Å². The summed E-state index contributed by atoms with van der Waals surface area (Å²) in [6.45, 7) is 4.78. The molecule has 0 aromatic carbocycles. The fourth-order valence-corrected chi connectivity index (χ4v) is 1.67. The molecular weight excluding hydrogens is 196 g/mol. The Morgan fingerprint density at radius 3 is 3.20 bits per heavy atom. The van der Waals surface area contributed by atoms with Gasteiger partial charge >= 0.3 is 0 Å². The average molecular weight is 212 g/mol. The van der Waals surface area contributed by atoms with E-state index in [-0.39, 0.29) is 12.5 Å². The van der Waals surface area contributed by atoms with Gasteiger partial charge in [0.2, 0.25) is 5.91 Å². The molecule has 0 spiro atoms. The zero-order valence-electron chi connectivity index (χ0n) is 8.93. The van der Waals surface area contributed by atoms with Crippen LogP contribution in [0.5, 0.6) is 0 Å². The number of likely N-dealkylation sites (tertiary alicyclic amines) is 1. The summed E-state index contributed by atoms with van der Waals surface area (Å²) in [5.41, 5.74) is 8.09. The summed E-state index contributed by atoms with van der Waals surface area (Å²) in [6.07, 6.45) is 0.974. The van der Waals surface area contributed by atoms with Crippen LogP contribution < -0.4 is 0 Å². The lowest BCUT2D eigenvalue weighted by atomic mass is 10.1. The SMILES string of the molecule is CCOC[C@H]1CCN(C(=O)CN=[N+]=[N-])C1. The van der Waals surface area contributed by atoms with Gasteiger partial charge in [0.1, 0.15) is 6.54 Å². The van der Waals surface area contributed by atoms with E-state index >= 15 is 0 Å². The number of carbonyl (C=O) groups is 1. The predicted molar refractivity (Wildman–Crippen MR) is 55.2 cm³/mol. The van der Waals surface area contributed by atoms with Gasteiger partial charge in [-0.2, -0.15) is 0 Å². The first-order valence-corrected chi connectivity index (χ1v) is 5.14. The summed E-state index contributed by atoms with van der Waals surface area (Å²) in [7, 11) is 0. The minimum absolute atomic E-state index is 0.0716. The molecule has 1 rings (SSSR count). The molecule has 84 valence electrons. The monoisotopic (exact) mass is 212 g/mol. The Bertz CT molecular complexity index is 263. The molecule has 1 aliphatic heterocycles. The van der Waals surface area contributed by atoms with Crippen molar-refractivity contribution in [1.82, 2.24) is 4.90 Å². The molecule has 15 heavy (non-hydrogen) atoms. The molecule has 1 heterocycles. The minimum Gasteiger partial charge on any atom is -0.381 e. The van der Waals surface area contributed by atoms with Gasteiger partial charge in [0.15, 0.2) is 0 Å². The van der Waals surface area contributed by atoms with Crippen molar-refractivity contribution in [2.45, 2.75) is 13.3 Å². The Morgan fingerprint density at radius 2 is 2.53 bits per heavy atom. The molecule has 1 aliphatic rings. The van der Waals surface area contributed by atoms with E-state index in [4.69, 9.17) is 10.3 Å². The van der Waals surface area contributed by atoms with E-state index in [2.05, 4.69) is 10.0 Å². The summed E-state index contributed by atoms with van der Waals surface area (Å²) in [5.74, 6) is 0.340. The number of carbonyl (C=O) groups excluding carboxylic acids is 1. The highest BCUT2D eigenvalue weighted by Gasteiger charge is 2.25. The van der Waals surface area contributed by atoms with E-state index in [1.54, 1.807) is 4.90 Å². The van der Waals surface area contributed by atoms with Crippen LogP contribution >= 0.6 is 0 Å². The van der Waals surface area contributed by atoms with E-state index in [0.29, 0.717) is 19.1 Å². The second kappa shape index (κ2) is 6.27. The molecule has 1 atom stereocenters. The van der Waals surface area contributed by atoms with Gasteiger partial charge in [0, 0.05) is 30.5 Å². The molecular formula is C9H16N4O2. The number of ether oxygens (including phenoxy) is 1. The van der Waals surface area contributed by atoms with Crippen molar-refractivity contribution in [1.29, 1.82) is 0 Å².